The Morgan fingerprint density at radius 3 is 3.06 bits per heavy atom. The minimum atomic E-state index is -0.452. The Balaban J connectivity index is 2.26. The number of carbonyl (C=O) groups is 1. The quantitative estimate of drug-likeness (QED) is 0.803. The van der Waals surface area contributed by atoms with Gasteiger partial charge in [0.1, 0.15) is 0 Å². The molecule has 1 saturated heterocycles. The molecule has 1 aromatic rings. The molecule has 17 heavy (non-hydrogen) atoms. The first-order chi connectivity index (χ1) is 8.27. The molecule has 1 aromatic heterocycles. The third-order valence-electron chi connectivity index (χ3n) is 3.07. The largest absolute Gasteiger partial charge is 0.453 e. The predicted octanol–water partition coefficient (Wildman–Crippen LogP) is 1.02. The number of methoxy groups -OCH3 is 1. The van der Waals surface area contributed by atoms with Crippen LogP contribution >= 0.6 is 0 Å². The topological polar surface area (TPSA) is 63.2 Å². The average molecular weight is 235 g/mol. The SMILES string of the molecule is COC(=O)NC1(c2ccccn2)CCCNC1. The molecule has 1 atom stereocenters. The number of alkyl carbamates (subject to hydrolysis) is 1. The van der Waals surface area contributed by atoms with E-state index in [1.165, 1.54) is 7.11 Å². The summed E-state index contributed by atoms with van der Waals surface area (Å²) in [6.07, 6.45) is 3.19. The second-order valence-electron chi connectivity index (χ2n) is 4.19. The third kappa shape index (κ3) is 2.55. The van der Waals surface area contributed by atoms with Crippen LogP contribution in [0.5, 0.6) is 0 Å². The van der Waals surface area contributed by atoms with E-state index < -0.39 is 11.6 Å². The van der Waals surface area contributed by atoms with Crippen LogP contribution in [0.1, 0.15) is 18.5 Å². The number of rotatable bonds is 2. The number of nitrogens with zero attached hydrogens (tertiary/aromatic N) is 1. The van der Waals surface area contributed by atoms with Crippen LogP contribution in [0.25, 0.3) is 0 Å². The van der Waals surface area contributed by atoms with Gasteiger partial charge in [-0.2, -0.15) is 0 Å². The van der Waals surface area contributed by atoms with E-state index in [9.17, 15) is 4.79 Å². The summed E-state index contributed by atoms with van der Waals surface area (Å²) in [5.74, 6) is 0. The fraction of sp³-hybridized carbons (Fsp3) is 0.500. The van der Waals surface area contributed by atoms with Gasteiger partial charge in [0, 0.05) is 12.7 Å². The molecule has 0 aliphatic carbocycles. The van der Waals surface area contributed by atoms with Crippen molar-refractivity contribution in [2.45, 2.75) is 18.4 Å². The van der Waals surface area contributed by atoms with Crippen molar-refractivity contribution < 1.29 is 9.53 Å². The molecule has 92 valence electrons. The number of pyridine rings is 1. The molecule has 2 rings (SSSR count). The van der Waals surface area contributed by atoms with Crippen LogP contribution in [-0.4, -0.2) is 31.3 Å². The second kappa shape index (κ2) is 5.14. The van der Waals surface area contributed by atoms with E-state index >= 15 is 0 Å². The highest BCUT2D eigenvalue weighted by Gasteiger charge is 2.36. The van der Waals surface area contributed by atoms with E-state index in [-0.39, 0.29) is 0 Å². The van der Waals surface area contributed by atoms with E-state index in [1.54, 1.807) is 6.20 Å². The Kier molecular flexibility index (Phi) is 3.58. The van der Waals surface area contributed by atoms with E-state index in [1.807, 2.05) is 18.2 Å². The molecule has 2 N–H and O–H groups in total. The molecule has 1 fully saturated rings. The van der Waals surface area contributed by atoms with E-state index in [2.05, 4.69) is 15.6 Å². The van der Waals surface area contributed by atoms with Gasteiger partial charge in [-0.1, -0.05) is 6.07 Å². The Bertz CT molecular complexity index is 375. The zero-order chi connectivity index (χ0) is 12.1. The van der Waals surface area contributed by atoms with Gasteiger partial charge in [-0.3, -0.25) is 4.98 Å². The van der Waals surface area contributed by atoms with E-state index in [0.717, 1.165) is 25.1 Å². The first-order valence-corrected chi connectivity index (χ1v) is 5.75. The molecule has 2 heterocycles. The second-order valence-corrected chi connectivity index (χ2v) is 4.19. The number of ether oxygens (including phenoxy) is 1. The molecule has 1 unspecified atom stereocenters. The normalized spacial score (nSPS) is 24.1. The number of carbonyl (C=O) groups excluding carboxylic acids is 1. The summed E-state index contributed by atoms with van der Waals surface area (Å²) in [4.78, 5) is 15.8. The number of amides is 1. The van der Waals surface area contributed by atoms with Crippen molar-refractivity contribution >= 4 is 6.09 Å². The minimum Gasteiger partial charge on any atom is -0.453 e. The summed E-state index contributed by atoms with van der Waals surface area (Å²) in [7, 11) is 1.37. The molecular formula is C12H17N3O2. The number of nitrogens with one attached hydrogen (secondary N) is 2. The smallest absolute Gasteiger partial charge is 0.407 e. The maximum Gasteiger partial charge on any atom is 0.407 e. The van der Waals surface area contributed by atoms with Crippen LogP contribution in [-0.2, 0) is 10.3 Å². The zero-order valence-corrected chi connectivity index (χ0v) is 9.90. The maximum absolute atomic E-state index is 11.5. The van der Waals surface area contributed by atoms with Crippen LogP contribution in [0.15, 0.2) is 24.4 Å². The highest BCUT2D eigenvalue weighted by Crippen LogP contribution is 2.26. The summed E-state index contributed by atoms with van der Waals surface area (Å²) in [5, 5.41) is 6.21. The molecule has 5 nitrogen and oxygen atoms in total. The Morgan fingerprint density at radius 1 is 1.59 bits per heavy atom. The Morgan fingerprint density at radius 2 is 2.47 bits per heavy atom. The first-order valence-electron chi connectivity index (χ1n) is 5.75. The third-order valence-corrected chi connectivity index (χ3v) is 3.07. The highest BCUT2D eigenvalue weighted by atomic mass is 16.5. The van der Waals surface area contributed by atoms with Crippen molar-refractivity contribution in [2.75, 3.05) is 20.2 Å². The lowest BCUT2D eigenvalue weighted by molar-refractivity contribution is 0.145. The molecule has 0 saturated carbocycles. The number of hydrogen-bond donors (Lipinski definition) is 2. The standard InChI is InChI=1S/C12H17N3O2/c1-17-11(16)15-12(6-4-7-13-9-12)10-5-2-3-8-14-10/h2-3,5,8,13H,4,6-7,9H2,1H3,(H,15,16). The zero-order valence-electron chi connectivity index (χ0n) is 9.90. The molecule has 0 bridgehead atoms. The molecule has 0 spiro atoms. The van der Waals surface area contributed by atoms with Gasteiger partial charge < -0.3 is 15.4 Å². The van der Waals surface area contributed by atoms with Crippen LogP contribution < -0.4 is 10.6 Å². The van der Waals surface area contributed by atoms with Crippen molar-refractivity contribution in [3.05, 3.63) is 30.1 Å². The van der Waals surface area contributed by atoms with Gasteiger partial charge in [0.2, 0.25) is 0 Å². The van der Waals surface area contributed by atoms with Crippen molar-refractivity contribution in [1.82, 2.24) is 15.6 Å². The molecule has 1 amide bonds. The van der Waals surface area contributed by atoms with Crippen molar-refractivity contribution in [1.29, 1.82) is 0 Å². The summed E-state index contributed by atoms with van der Waals surface area (Å²) in [6, 6.07) is 5.73. The van der Waals surface area contributed by atoms with Crippen LogP contribution in [0, 0.1) is 0 Å². The van der Waals surface area contributed by atoms with Crippen LogP contribution in [0.2, 0.25) is 0 Å². The maximum atomic E-state index is 11.5. The van der Waals surface area contributed by atoms with Crippen molar-refractivity contribution in [2.24, 2.45) is 0 Å². The Labute approximate surface area is 101 Å². The van der Waals surface area contributed by atoms with Crippen LogP contribution in [0.3, 0.4) is 0 Å². The summed E-state index contributed by atoms with van der Waals surface area (Å²) in [5.41, 5.74) is 0.421. The van der Waals surface area contributed by atoms with Gasteiger partial charge in [-0.05, 0) is 31.5 Å². The van der Waals surface area contributed by atoms with Gasteiger partial charge in [0.05, 0.1) is 18.3 Å². The van der Waals surface area contributed by atoms with Crippen molar-refractivity contribution in [3.8, 4) is 0 Å². The minimum absolute atomic E-state index is 0.417. The van der Waals surface area contributed by atoms with Gasteiger partial charge in [-0.25, -0.2) is 4.79 Å². The lowest BCUT2D eigenvalue weighted by atomic mass is 9.86. The monoisotopic (exact) mass is 235 g/mol. The van der Waals surface area contributed by atoms with E-state index in [4.69, 9.17) is 4.74 Å². The molecule has 1 aliphatic rings. The lowest BCUT2D eigenvalue weighted by Crippen LogP contribution is -2.55. The molecular weight excluding hydrogens is 218 g/mol. The van der Waals surface area contributed by atoms with Gasteiger partial charge >= 0.3 is 6.09 Å². The first kappa shape index (κ1) is 11.9. The van der Waals surface area contributed by atoms with Gasteiger partial charge in [0.15, 0.2) is 0 Å². The highest BCUT2D eigenvalue weighted by molar-refractivity contribution is 5.68. The molecule has 1 aliphatic heterocycles. The summed E-state index contributed by atoms with van der Waals surface area (Å²) in [6.45, 7) is 1.65. The summed E-state index contributed by atoms with van der Waals surface area (Å²) >= 11 is 0. The Hall–Kier alpha value is -1.62. The number of aromatic nitrogens is 1. The summed E-state index contributed by atoms with van der Waals surface area (Å²) < 4.78 is 4.69. The average Bonchev–Trinajstić information content (AvgIpc) is 2.40. The fourth-order valence-corrected chi connectivity index (χ4v) is 2.19. The lowest BCUT2D eigenvalue weighted by Gasteiger charge is -2.37. The van der Waals surface area contributed by atoms with Crippen molar-refractivity contribution in [3.63, 3.8) is 0 Å². The molecule has 0 radical (unpaired) electrons. The predicted molar refractivity (Wildman–Crippen MR) is 63.6 cm³/mol. The fourth-order valence-electron chi connectivity index (χ4n) is 2.19. The molecule has 5 heteroatoms. The molecule has 0 aromatic carbocycles. The van der Waals surface area contributed by atoms with Crippen LogP contribution in [0.4, 0.5) is 4.79 Å². The van der Waals surface area contributed by atoms with Gasteiger partial charge in [-0.15, -0.1) is 0 Å². The van der Waals surface area contributed by atoms with E-state index in [0.29, 0.717) is 6.54 Å². The van der Waals surface area contributed by atoms with Gasteiger partial charge in [0.25, 0.3) is 0 Å². The number of piperidine rings is 1. The number of hydrogen-bond acceptors (Lipinski definition) is 4.